The number of hydrogen-bond acceptors (Lipinski definition) is 5. The Morgan fingerprint density at radius 2 is 1.52 bits per heavy atom. The number of ether oxygens (including phenoxy) is 2. The van der Waals surface area contributed by atoms with Crippen molar-refractivity contribution in [2.75, 3.05) is 14.2 Å². The molecule has 0 spiro atoms. The molecule has 0 aliphatic rings. The highest BCUT2D eigenvalue weighted by molar-refractivity contribution is 5.97. The third-order valence-corrected chi connectivity index (χ3v) is 5.33. The van der Waals surface area contributed by atoms with Gasteiger partial charge in [0, 0.05) is 22.6 Å². The van der Waals surface area contributed by atoms with Crippen LogP contribution in [0.3, 0.4) is 0 Å². The first-order valence-corrected chi connectivity index (χ1v) is 10.0. The van der Waals surface area contributed by atoms with Gasteiger partial charge >= 0.3 is 11.9 Å². The molecule has 0 radical (unpaired) electrons. The molecule has 31 heavy (non-hydrogen) atoms. The lowest BCUT2D eigenvalue weighted by molar-refractivity contribution is -0.159. The average molecular weight is 418 g/mol. The second kappa shape index (κ2) is 9.94. The minimum Gasteiger partial charge on any atom is -0.468 e. The Morgan fingerprint density at radius 1 is 0.968 bits per heavy atom. The van der Waals surface area contributed by atoms with Crippen LogP contribution < -0.4 is 0 Å². The monoisotopic (exact) mass is 418 g/mol. The van der Waals surface area contributed by atoms with Gasteiger partial charge in [-0.2, -0.15) is 0 Å². The largest absolute Gasteiger partial charge is 0.468 e. The Labute approximate surface area is 182 Å². The summed E-state index contributed by atoms with van der Waals surface area (Å²) in [6.45, 7) is 5.74. The molecule has 5 nitrogen and oxygen atoms in total. The number of carbonyl (C=O) groups is 2. The number of esters is 2. The molecular formula is C26H26O5. The van der Waals surface area contributed by atoms with E-state index >= 15 is 0 Å². The van der Waals surface area contributed by atoms with E-state index in [1.165, 1.54) is 14.2 Å². The van der Waals surface area contributed by atoms with Gasteiger partial charge in [0.05, 0.1) is 14.2 Å². The Hall–Kier alpha value is -3.60. The molecule has 2 aromatic carbocycles. The van der Waals surface area contributed by atoms with E-state index in [1.807, 2.05) is 67.6 Å². The highest BCUT2D eigenvalue weighted by Gasteiger charge is 2.42. The fourth-order valence-corrected chi connectivity index (χ4v) is 3.99. The summed E-state index contributed by atoms with van der Waals surface area (Å²) in [5.74, 6) is -1.82. The first kappa shape index (κ1) is 22.1. The average Bonchev–Trinajstić information content (AvgIpc) is 3.13. The van der Waals surface area contributed by atoms with E-state index in [-0.39, 0.29) is 0 Å². The van der Waals surface area contributed by atoms with Crippen LogP contribution in [0.15, 0.2) is 77.7 Å². The van der Waals surface area contributed by atoms with Crippen LogP contribution in [0, 0.1) is 12.8 Å². The first-order valence-electron chi connectivity index (χ1n) is 10.0. The number of allylic oxidation sites excluding steroid dienone is 1. The van der Waals surface area contributed by atoms with Crippen LogP contribution in [0.2, 0.25) is 0 Å². The van der Waals surface area contributed by atoms with Gasteiger partial charge in [-0.1, -0.05) is 66.7 Å². The van der Waals surface area contributed by atoms with Crippen molar-refractivity contribution in [3.05, 3.63) is 95.8 Å². The molecule has 0 aliphatic carbocycles. The first-order chi connectivity index (χ1) is 15.0. The number of rotatable bonds is 8. The zero-order chi connectivity index (χ0) is 22.4. The number of carbonyl (C=O) groups excluding carboxylic acids is 2. The van der Waals surface area contributed by atoms with Gasteiger partial charge in [0.2, 0.25) is 0 Å². The fraction of sp³-hybridized carbons (Fsp3) is 0.231. The molecular weight excluding hydrogens is 392 g/mol. The topological polar surface area (TPSA) is 65.7 Å². The number of aryl methyl sites for hydroxylation is 1. The van der Waals surface area contributed by atoms with E-state index in [1.54, 1.807) is 6.08 Å². The van der Waals surface area contributed by atoms with E-state index in [0.717, 1.165) is 22.3 Å². The standard InChI is InChI=1S/C26H26O5/c1-5-12-20-21(17(2)31-24(20)19-15-10-7-11-16-19)22(18-13-8-6-9-14-18)23(25(27)29-3)26(28)30-4/h5-11,13-16,22-23H,1,12H2,2-4H3. The second-order valence-corrected chi connectivity index (χ2v) is 7.15. The summed E-state index contributed by atoms with van der Waals surface area (Å²) in [6, 6.07) is 19.1. The van der Waals surface area contributed by atoms with Gasteiger partial charge in [-0.3, -0.25) is 9.59 Å². The Balaban J connectivity index is 2.31. The minimum absolute atomic E-state index is 0.509. The van der Waals surface area contributed by atoms with Crippen LogP contribution in [0.5, 0.6) is 0 Å². The van der Waals surface area contributed by atoms with Gasteiger partial charge in [0.15, 0.2) is 5.92 Å². The molecule has 160 valence electrons. The smallest absolute Gasteiger partial charge is 0.321 e. The van der Waals surface area contributed by atoms with Crippen molar-refractivity contribution in [3.63, 3.8) is 0 Å². The summed E-state index contributed by atoms with van der Waals surface area (Å²) in [4.78, 5) is 25.6. The molecule has 1 heterocycles. The summed E-state index contributed by atoms with van der Waals surface area (Å²) in [7, 11) is 2.53. The SMILES string of the molecule is C=CCc1c(-c2ccccc2)oc(C)c1C(c1ccccc1)C(C(=O)OC)C(=O)OC. The van der Waals surface area contributed by atoms with Gasteiger partial charge < -0.3 is 13.9 Å². The van der Waals surface area contributed by atoms with Gasteiger partial charge in [0.1, 0.15) is 11.5 Å². The van der Waals surface area contributed by atoms with Gasteiger partial charge in [-0.15, -0.1) is 6.58 Å². The normalized spacial score (nSPS) is 11.7. The fourth-order valence-electron chi connectivity index (χ4n) is 3.99. The predicted molar refractivity (Wildman–Crippen MR) is 119 cm³/mol. The van der Waals surface area contributed by atoms with Crippen LogP contribution >= 0.6 is 0 Å². The van der Waals surface area contributed by atoms with Crippen molar-refractivity contribution in [2.24, 2.45) is 5.92 Å². The molecule has 0 fully saturated rings. The summed E-state index contributed by atoms with van der Waals surface area (Å²) in [6.07, 6.45) is 2.29. The lowest BCUT2D eigenvalue weighted by Gasteiger charge is -2.25. The Bertz CT molecular complexity index is 1030. The van der Waals surface area contributed by atoms with Gasteiger partial charge in [-0.25, -0.2) is 0 Å². The molecule has 0 saturated heterocycles. The van der Waals surface area contributed by atoms with Gasteiger partial charge in [0.25, 0.3) is 0 Å². The number of hydrogen-bond donors (Lipinski definition) is 0. The number of benzene rings is 2. The Morgan fingerprint density at radius 3 is 2.03 bits per heavy atom. The van der Waals surface area contributed by atoms with Crippen molar-refractivity contribution >= 4 is 11.9 Å². The molecule has 0 amide bonds. The van der Waals surface area contributed by atoms with Crippen LogP contribution in [0.4, 0.5) is 0 Å². The zero-order valence-electron chi connectivity index (χ0n) is 18.0. The zero-order valence-corrected chi connectivity index (χ0v) is 18.0. The molecule has 0 saturated carbocycles. The van der Waals surface area contributed by atoms with Crippen molar-refractivity contribution in [3.8, 4) is 11.3 Å². The quantitative estimate of drug-likeness (QED) is 0.290. The third kappa shape index (κ3) is 4.45. The molecule has 3 rings (SSSR count). The van der Waals surface area contributed by atoms with Crippen LogP contribution in [0.25, 0.3) is 11.3 Å². The van der Waals surface area contributed by atoms with E-state index in [9.17, 15) is 9.59 Å². The van der Waals surface area contributed by atoms with E-state index < -0.39 is 23.8 Å². The molecule has 1 unspecified atom stereocenters. The second-order valence-electron chi connectivity index (χ2n) is 7.15. The van der Waals surface area contributed by atoms with Crippen molar-refractivity contribution in [1.82, 2.24) is 0 Å². The van der Waals surface area contributed by atoms with E-state index in [4.69, 9.17) is 13.9 Å². The maximum atomic E-state index is 12.8. The van der Waals surface area contributed by atoms with E-state index in [2.05, 4.69) is 6.58 Å². The molecule has 5 heteroatoms. The lowest BCUT2D eigenvalue weighted by Crippen LogP contribution is -2.33. The van der Waals surface area contributed by atoms with Crippen LogP contribution in [0.1, 0.15) is 28.4 Å². The minimum atomic E-state index is -1.18. The highest BCUT2D eigenvalue weighted by atomic mass is 16.5. The molecule has 0 aliphatic heterocycles. The van der Waals surface area contributed by atoms with Crippen molar-refractivity contribution in [2.45, 2.75) is 19.3 Å². The van der Waals surface area contributed by atoms with Crippen molar-refractivity contribution in [1.29, 1.82) is 0 Å². The van der Waals surface area contributed by atoms with Crippen LogP contribution in [-0.4, -0.2) is 26.2 Å². The third-order valence-electron chi connectivity index (χ3n) is 5.33. The van der Waals surface area contributed by atoms with E-state index in [0.29, 0.717) is 17.9 Å². The summed E-state index contributed by atoms with van der Waals surface area (Å²) in [5, 5.41) is 0. The maximum absolute atomic E-state index is 12.8. The lowest BCUT2D eigenvalue weighted by atomic mass is 9.78. The summed E-state index contributed by atoms with van der Waals surface area (Å²) in [5.41, 5.74) is 3.35. The maximum Gasteiger partial charge on any atom is 0.321 e. The molecule has 1 aromatic heterocycles. The predicted octanol–water partition coefficient (Wildman–Crippen LogP) is 5.08. The molecule has 3 aromatic rings. The summed E-state index contributed by atoms with van der Waals surface area (Å²) < 4.78 is 16.2. The van der Waals surface area contributed by atoms with Crippen LogP contribution in [-0.2, 0) is 25.5 Å². The number of furan rings is 1. The van der Waals surface area contributed by atoms with Crippen molar-refractivity contribution < 1.29 is 23.5 Å². The molecule has 1 atom stereocenters. The molecule has 0 bridgehead atoms. The highest BCUT2D eigenvalue weighted by Crippen LogP contribution is 2.43. The number of methoxy groups -OCH3 is 2. The molecule has 0 N–H and O–H groups in total. The summed E-state index contributed by atoms with van der Waals surface area (Å²) >= 11 is 0. The van der Waals surface area contributed by atoms with Gasteiger partial charge in [-0.05, 0) is 18.9 Å². The Kier molecular flexibility index (Phi) is 7.08.